The number of nitrogens with zero attached hydrogens (tertiary/aromatic N) is 6. The molecule has 0 aromatic carbocycles. The maximum Gasteiger partial charge on any atom is 0.347 e. The SMILES string of the molecule is CN(Cc1ccnc(=O)n1C)C1CN(c2ccc(C(C)(C)C)nn2)C1. The van der Waals surface area contributed by atoms with Gasteiger partial charge in [-0.3, -0.25) is 9.47 Å². The molecule has 0 N–H and O–H groups in total. The van der Waals surface area contributed by atoms with Crippen LogP contribution in [0.1, 0.15) is 32.2 Å². The van der Waals surface area contributed by atoms with Crippen molar-refractivity contribution >= 4 is 5.82 Å². The Morgan fingerprint density at radius 2 is 1.92 bits per heavy atom. The first-order valence-corrected chi connectivity index (χ1v) is 8.56. The van der Waals surface area contributed by atoms with Crippen LogP contribution in [0.5, 0.6) is 0 Å². The van der Waals surface area contributed by atoms with E-state index < -0.39 is 0 Å². The van der Waals surface area contributed by atoms with Crippen LogP contribution in [0, 0.1) is 0 Å². The van der Waals surface area contributed by atoms with Crippen LogP contribution in [0.4, 0.5) is 5.82 Å². The summed E-state index contributed by atoms with van der Waals surface area (Å²) in [6.07, 6.45) is 1.57. The molecule has 0 radical (unpaired) electrons. The minimum Gasteiger partial charge on any atom is -0.352 e. The topological polar surface area (TPSA) is 67.2 Å². The van der Waals surface area contributed by atoms with E-state index in [1.54, 1.807) is 17.8 Å². The van der Waals surface area contributed by atoms with Crippen LogP contribution in [-0.2, 0) is 19.0 Å². The Morgan fingerprint density at radius 3 is 2.52 bits per heavy atom. The van der Waals surface area contributed by atoms with Gasteiger partial charge in [0.2, 0.25) is 0 Å². The molecule has 0 bridgehead atoms. The van der Waals surface area contributed by atoms with E-state index in [2.05, 4.69) is 64.9 Å². The Kier molecular flexibility index (Phi) is 4.60. The van der Waals surface area contributed by atoms with Crippen LogP contribution in [0.2, 0.25) is 0 Å². The van der Waals surface area contributed by atoms with Gasteiger partial charge in [-0.2, -0.15) is 5.10 Å². The molecule has 0 amide bonds. The van der Waals surface area contributed by atoms with E-state index in [-0.39, 0.29) is 11.1 Å². The first kappa shape index (κ1) is 17.5. The zero-order valence-corrected chi connectivity index (χ0v) is 15.6. The van der Waals surface area contributed by atoms with Crippen molar-refractivity contribution in [2.45, 2.75) is 38.8 Å². The Balaban J connectivity index is 1.58. The van der Waals surface area contributed by atoms with Gasteiger partial charge in [0, 0.05) is 50.0 Å². The lowest BCUT2D eigenvalue weighted by Crippen LogP contribution is -2.58. The number of likely N-dealkylation sites (N-methyl/N-ethyl adjacent to an activating group) is 1. The van der Waals surface area contributed by atoms with E-state index in [9.17, 15) is 4.79 Å². The summed E-state index contributed by atoms with van der Waals surface area (Å²) in [4.78, 5) is 19.9. The zero-order valence-electron chi connectivity index (χ0n) is 15.6. The molecule has 0 unspecified atom stereocenters. The number of anilines is 1. The lowest BCUT2D eigenvalue weighted by molar-refractivity contribution is 0.192. The average Bonchev–Trinajstić information content (AvgIpc) is 2.50. The normalized spacial score (nSPS) is 15.5. The molecular weight excluding hydrogens is 316 g/mol. The largest absolute Gasteiger partial charge is 0.352 e. The first-order chi connectivity index (χ1) is 11.8. The summed E-state index contributed by atoms with van der Waals surface area (Å²) in [5, 5.41) is 8.74. The van der Waals surface area contributed by atoms with Crippen molar-refractivity contribution in [2.24, 2.45) is 7.05 Å². The summed E-state index contributed by atoms with van der Waals surface area (Å²) >= 11 is 0. The molecule has 0 saturated carbocycles. The summed E-state index contributed by atoms with van der Waals surface area (Å²) in [5.74, 6) is 0.925. The van der Waals surface area contributed by atoms with Crippen molar-refractivity contribution in [1.29, 1.82) is 0 Å². The summed E-state index contributed by atoms with van der Waals surface area (Å²) in [7, 11) is 3.85. The minimum absolute atomic E-state index is 0.0176. The summed E-state index contributed by atoms with van der Waals surface area (Å²) in [6, 6.07) is 6.44. The van der Waals surface area contributed by atoms with E-state index in [4.69, 9.17) is 0 Å². The summed E-state index contributed by atoms with van der Waals surface area (Å²) in [5.41, 5.74) is 1.78. The van der Waals surface area contributed by atoms with Gasteiger partial charge in [-0.15, -0.1) is 5.10 Å². The maximum absolute atomic E-state index is 11.6. The maximum atomic E-state index is 11.6. The van der Waals surface area contributed by atoms with Crippen LogP contribution >= 0.6 is 0 Å². The molecule has 7 nitrogen and oxygen atoms in total. The number of rotatable bonds is 4. The van der Waals surface area contributed by atoms with E-state index in [1.807, 2.05) is 6.07 Å². The van der Waals surface area contributed by atoms with Gasteiger partial charge in [0.15, 0.2) is 5.82 Å². The van der Waals surface area contributed by atoms with Crippen molar-refractivity contribution in [3.05, 3.63) is 46.3 Å². The second-order valence-corrected chi connectivity index (χ2v) is 7.78. The molecule has 0 aliphatic carbocycles. The van der Waals surface area contributed by atoms with Crippen LogP contribution in [0.15, 0.2) is 29.2 Å². The van der Waals surface area contributed by atoms with Crippen molar-refractivity contribution in [1.82, 2.24) is 24.6 Å². The van der Waals surface area contributed by atoms with Crippen molar-refractivity contribution in [3.8, 4) is 0 Å². The van der Waals surface area contributed by atoms with Crippen molar-refractivity contribution in [3.63, 3.8) is 0 Å². The second kappa shape index (κ2) is 6.55. The fourth-order valence-electron chi connectivity index (χ4n) is 2.87. The van der Waals surface area contributed by atoms with E-state index >= 15 is 0 Å². The third-order valence-electron chi connectivity index (χ3n) is 4.81. The highest BCUT2D eigenvalue weighted by atomic mass is 16.1. The van der Waals surface area contributed by atoms with Gasteiger partial charge in [-0.1, -0.05) is 20.8 Å². The minimum atomic E-state index is -0.213. The summed E-state index contributed by atoms with van der Waals surface area (Å²) in [6.45, 7) is 8.97. The predicted molar refractivity (Wildman–Crippen MR) is 97.7 cm³/mol. The molecule has 3 heterocycles. The highest BCUT2D eigenvalue weighted by molar-refractivity contribution is 5.42. The van der Waals surface area contributed by atoms with Crippen LogP contribution in [-0.4, -0.2) is 50.8 Å². The molecule has 25 heavy (non-hydrogen) atoms. The number of hydrogen-bond donors (Lipinski definition) is 0. The number of aromatic nitrogens is 4. The molecule has 1 saturated heterocycles. The Hall–Kier alpha value is -2.28. The number of hydrogen-bond acceptors (Lipinski definition) is 6. The van der Waals surface area contributed by atoms with Gasteiger partial charge in [0.1, 0.15) is 0 Å². The molecule has 3 rings (SSSR count). The Morgan fingerprint density at radius 1 is 1.20 bits per heavy atom. The molecule has 134 valence electrons. The monoisotopic (exact) mass is 342 g/mol. The van der Waals surface area contributed by atoms with Crippen LogP contribution in [0.3, 0.4) is 0 Å². The second-order valence-electron chi connectivity index (χ2n) is 7.78. The van der Waals surface area contributed by atoms with E-state index in [0.29, 0.717) is 6.04 Å². The molecule has 1 fully saturated rings. The van der Waals surface area contributed by atoms with Gasteiger partial charge in [-0.05, 0) is 25.2 Å². The van der Waals surface area contributed by atoms with Gasteiger partial charge in [0.25, 0.3) is 0 Å². The molecular formula is C18H26N6O. The average molecular weight is 342 g/mol. The molecule has 2 aromatic rings. The van der Waals surface area contributed by atoms with Gasteiger partial charge in [0.05, 0.1) is 5.69 Å². The van der Waals surface area contributed by atoms with Gasteiger partial charge in [-0.25, -0.2) is 9.78 Å². The third-order valence-corrected chi connectivity index (χ3v) is 4.81. The highest BCUT2D eigenvalue weighted by Gasteiger charge is 2.31. The molecule has 0 atom stereocenters. The smallest absolute Gasteiger partial charge is 0.347 e. The summed E-state index contributed by atoms with van der Waals surface area (Å²) < 4.78 is 1.60. The molecule has 1 aliphatic heterocycles. The van der Waals surface area contributed by atoms with Gasteiger partial charge >= 0.3 is 5.69 Å². The van der Waals surface area contributed by atoms with Gasteiger partial charge < -0.3 is 4.90 Å². The fraction of sp³-hybridized carbons (Fsp3) is 0.556. The Bertz CT molecular complexity index is 786. The van der Waals surface area contributed by atoms with E-state index in [1.165, 1.54) is 0 Å². The first-order valence-electron chi connectivity index (χ1n) is 8.56. The zero-order chi connectivity index (χ0) is 18.2. The lowest BCUT2D eigenvalue weighted by atomic mass is 9.92. The lowest BCUT2D eigenvalue weighted by Gasteiger charge is -2.44. The van der Waals surface area contributed by atoms with Crippen molar-refractivity contribution in [2.75, 3.05) is 25.0 Å². The van der Waals surface area contributed by atoms with Crippen molar-refractivity contribution < 1.29 is 0 Å². The molecule has 0 spiro atoms. The standard InChI is InChI=1S/C18H26N6O/c1-18(2,3)15-6-7-16(21-20-15)24-11-14(12-24)22(4)10-13-8-9-19-17(25)23(13)5/h6-9,14H,10-12H2,1-5H3. The highest BCUT2D eigenvalue weighted by Crippen LogP contribution is 2.24. The van der Waals surface area contributed by atoms with Crippen LogP contribution in [0.25, 0.3) is 0 Å². The Labute approximate surface area is 148 Å². The quantitative estimate of drug-likeness (QED) is 0.831. The molecule has 7 heteroatoms. The molecule has 1 aliphatic rings. The molecule has 2 aromatic heterocycles. The van der Waals surface area contributed by atoms with E-state index in [0.717, 1.165) is 36.8 Å². The fourth-order valence-corrected chi connectivity index (χ4v) is 2.87. The predicted octanol–water partition coefficient (Wildman–Crippen LogP) is 1.19. The van der Waals surface area contributed by atoms with Crippen LogP contribution < -0.4 is 10.6 Å². The third kappa shape index (κ3) is 3.71.